The van der Waals surface area contributed by atoms with Gasteiger partial charge in [0.05, 0.1) is 6.26 Å². The average molecular weight is 288 g/mol. The second kappa shape index (κ2) is 6.61. The molecule has 0 unspecified atom stereocenters. The molecule has 0 atom stereocenters. The van der Waals surface area contributed by atoms with Crippen LogP contribution in [0.25, 0.3) is 0 Å². The number of furan rings is 1. The molecule has 0 amide bonds. The van der Waals surface area contributed by atoms with Crippen molar-refractivity contribution in [3.8, 4) is 0 Å². The van der Waals surface area contributed by atoms with Gasteiger partial charge >= 0.3 is 0 Å². The summed E-state index contributed by atoms with van der Waals surface area (Å²) in [4.78, 5) is 11.0. The van der Waals surface area contributed by atoms with Gasteiger partial charge in [0.15, 0.2) is 0 Å². The van der Waals surface area contributed by atoms with E-state index in [1.54, 1.807) is 12.6 Å². The van der Waals surface area contributed by atoms with E-state index >= 15 is 0 Å². The Balaban J connectivity index is 2.33. The Morgan fingerprint density at radius 2 is 2.10 bits per heavy atom. The SMILES string of the molecule is CCNc1ncnc(N(C)Cc2ccoc2C)c1C(C)C. The first-order valence-corrected chi connectivity index (χ1v) is 7.37. The third-order valence-corrected chi connectivity index (χ3v) is 3.52. The van der Waals surface area contributed by atoms with E-state index in [1.165, 1.54) is 5.56 Å². The lowest BCUT2D eigenvalue weighted by Crippen LogP contribution is -2.21. The number of anilines is 2. The maximum atomic E-state index is 5.37. The molecule has 0 bridgehead atoms. The molecular weight excluding hydrogens is 264 g/mol. The highest BCUT2D eigenvalue weighted by Crippen LogP contribution is 2.31. The molecule has 2 rings (SSSR count). The van der Waals surface area contributed by atoms with E-state index in [1.807, 2.05) is 13.0 Å². The summed E-state index contributed by atoms with van der Waals surface area (Å²) in [6.07, 6.45) is 3.35. The number of aromatic nitrogens is 2. The third-order valence-electron chi connectivity index (χ3n) is 3.52. The topological polar surface area (TPSA) is 54.2 Å². The van der Waals surface area contributed by atoms with Crippen LogP contribution in [0.3, 0.4) is 0 Å². The van der Waals surface area contributed by atoms with E-state index in [-0.39, 0.29) is 0 Å². The predicted molar refractivity (Wildman–Crippen MR) is 85.8 cm³/mol. The third kappa shape index (κ3) is 3.35. The van der Waals surface area contributed by atoms with E-state index in [4.69, 9.17) is 4.42 Å². The fraction of sp³-hybridized carbons (Fsp3) is 0.500. The first kappa shape index (κ1) is 15.4. The molecule has 0 saturated heterocycles. The van der Waals surface area contributed by atoms with Crippen molar-refractivity contribution in [2.45, 2.75) is 40.2 Å². The van der Waals surface area contributed by atoms with Crippen LogP contribution in [0.5, 0.6) is 0 Å². The Hall–Kier alpha value is -2.04. The summed E-state index contributed by atoms with van der Waals surface area (Å²) in [6, 6.07) is 2.01. The molecule has 0 aliphatic rings. The van der Waals surface area contributed by atoms with Gasteiger partial charge in [-0.05, 0) is 25.8 Å². The van der Waals surface area contributed by atoms with Gasteiger partial charge in [-0.25, -0.2) is 9.97 Å². The molecule has 0 spiro atoms. The molecular formula is C16H24N4O. The van der Waals surface area contributed by atoms with Gasteiger partial charge in [-0.3, -0.25) is 0 Å². The van der Waals surface area contributed by atoms with Crippen molar-refractivity contribution in [1.82, 2.24) is 9.97 Å². The predicted octanol–water partition coefficient (Wildman–Crippen LogP) is 3.57. The average Bonchev–Trinajstić information content (AvgIpc) is 2.84. The first-order chi connectivity index (χ1) is 10.0. The summed E-state index contributed by atoms with van der Waals surface area (Å²) < 4.78 is 5.37. The normalized spacial score (nSPS) is 11.0. The Morgan fingerprint density at radius 3 is 2.67 bits per heavy atom. The zero-order chi connectivity index (χ0) is 15.4. The van der Waals surface area contributed by atoms with Gasteiger partial charge in [-0.1, -0.05) is 13.8 Å². The highest BCUT2D eigenvalue weighted by Gasteiger charge is 2.18. The molecule has 1 N–H and O–H groups in total. The minimum absolute atomic E-state index is 0.350. The highest BCUT2D eigenvalue weighted by molar-refractivity contribution is 5.60. The van der Waals surface area contributed by atoms with Crippen molar-refractivity contribution in [2.75, 3.05) is 23.8 Å². The van der Waals surface area contributed by atoms with Gasteiger partial charge in [0.25, 0.3) is 0 Å². The summed E-state index contributed by atoms with van der Waals surface area (Å²) >= 11 is 0. The second-order valence-electron chi connectivity index (χ2n) is 5.50. The summed E-state index contributed by atoms with van der Waals surface area (Å²) in [7, 11) is 2.05. The largest absolute Gasteiger partial charge is 0.469 e. The van der Waals surface area contributed by atoms with Crippen LogP contribution in [0.2, 0.25) is 0 Å². The number of hydrogen-bond acceptors (Lipinski definition) is 5. The second-order valence-corrected chi connectivity index (χ2v) is 5.50. The van der Waals surface area contributed by atoms with Gasteiger partial charge in [0.2, 0.25) is 0 Å². The molecule has 2 aromatic rings. The first-order valence-electron chi connectivity index (χ1n) is 7.37. The van der Waals surface area contributed by atoms with E-state index in [0.717, 1.165) is 36.0 Å². The van der Waals surface area contributed by atoms with Crippen LogP contribution in [-0.4, -0.2) is 23.6 Å². The molecule has 5 nitrogen and oxygen atoms in total. The van der Waals surface area contributed by atoms with Crippen LogP contribution in [0.1, 0.15) is 43.6 Å². The number of aryl methyl sites for hydroxylation is 1. The number of hydrogen-bond donors (Lipinski definition) is 1. The summed E-state index contributed by atoms with van der Waals surface area (Å²) in [5.41, 5.74) is 2.33. The fourth-order valence-electron chi connectivity index (χ4n) is 2.44. The number of nitrogens with zero attached hydrogens (tertiary/aromatic N) is 3. The Kier molecular flexibility index (Phi) is 4.83. The molecule has 0 radical (unpaired) electrons. The summed E-state index contributed by atoms with van der Waals surface area (Å²) in [5, 5.41) is 3.33. The number of rotatable bonds is 6. The lowest BCUT2D eigenvalue weighted by Gasteiger charge is -2.24. The zero-order valence-electron chi connectivity index (χ0n) is 13.5. The van der Waals surface area contributed by atoms with Crippen molar-refractivity contribution in [2.24, 2.45) is 0 Å². The zero-order valence-corrected chi connectivity index (χ0v) is 13.5. The van der Waals surface area contributed by atoms with Crippen molar-refractivity contribution in [1.29, 1.82) is 0 Å². The van der Waals surface area contributed by atoms with Gasteiger partial charge in [0, 0.05) is 31.3 Å². The van der Waals surface area contributed by atoms with E-state index in [9.17, 15) is 0 Å². The molecule has 21 heavy (non-hydrogen) atoms. The monoisotopic (exact) mass is 288 g/mol. The molecule has 2 aromatic heterocycles. The van der Waals surface area contributed by atoms with Crippen LogP contribution >= 0.6 is 0 Å². The molecule has 0 aliphatic heterocycles. The maximum absolute atomic E-state index is 5.37. The van der Waals surface area contributed by atoms with Crippen molar-refractivity contribution in [3.63, 3.8) is 0 Å². The van der Waals surface area contributed by atoms with Gasteiger partial charge in [-0.2, -0.15) is 0 Å². The Morgan fingerprint density at radius 1 is 1.33 bits per heavy atom. The smallest absolute Gasteiger partial charge is 0.137 e. The number of nitrogens with one attached hydrogen (secondary N) is 1. The minimum atomic E-state index is 0.350. The lowest BCUT2D eigenvalue weighted by molar-refractivity contribution is 0.529. The molecule has 2 heterocycles. The lowest BCUT2D eigenvalue weighted by atomic mass is 10.0. The van der Waals surface area contributed by atoms with Crippen molar-refractivity contribution < 1.29 is 4.42 Å². The fourth-order valence-corrected chi connectivity index (χ4v) is 2.44. The molecule has 0 aliphatic carbocycles. The van der Waals surface area contributed by atoms with Gasteiger partial charge in [0.1, 0.15) is 23.7 Å². The van der Waals surface area contributed by atoms with Crippen LogP contribution < -0.4 is 10.2 Å². The highest BCUT2D eigenvalue weighted by atomic mass is 16.3. The Bertz CT molecular complexity index is 592. The van der Waals surface area contributed by atoms with Crippen LogP contribution in [-0.2, 0) is 6.54 Å². The van der Waals surface area contributed by atoms with Crippen LogP contribution in [0.15, 0.2) is 23.1 Å². The standard InChI is InChI=1S/C16H24N4O/c1-6-17-15-14(11(2)3)16(19-10-18-15)20(5)9-13-7-8-21-12(13)4/h7-8,10-11H,6,9H2,1-5H3,(H,17,18,19). The van der Waals surface area contributed by atoms with Gasteiger partial charge in [-0.15, -0.1) is 0 Å². The summed E-state index contributed by atoms with van der Waals surface area (Å²) in [6.45, 7) is 10.0. The van der Waals surface area contributed by atoms with E-state index in [2.05, 4.69) is 48.0 Å². The van der Waals surface area contributed by atoms with E-state index in [0.29, 0.717) is 5.92 Å². The van der Waals surface area contributed by atoms with E-state index < -0.39 is 0 Å². The quantitative estimate of drug-likeness (QED) is 0.880. The minimum Gasteiger partial charge on any atom is -0.469 e. The molecule has 114 valence electrons. The molecule has 0 aromatic carbocycles. The van der Waals surface area contributed by atoms with Crippen molar-refractivity contribution in [3.05, 3.63) is 35.5 Å². The Labute approximate surface area is 126 Å². The van der Waals surface area contributed by atoms with Crippen molar-refractivity contribution >= 4 is 11.6 Å². The molecule has 0 saturated carbocycles. The maximum Gasteiger partial charge on any atom is 0.137 e. The van der Waals surface area contributed by atoms with Crippen LogP contribution in [0.4, 0.5) is 11.6 Å². The molecule has 0 fully saturated rings. The van der Waals surface area contributed by atoms with Gasteiger partial charge < -0.3 is 14.6 Å². The van der Waals surface area contributed by atoms with Crippen LogP contribution in [0, 0.1) is 6.92 Å². The molecule has 5 heteroatoms. The summed E-state index contributed by atoms with van der Waals surface area (Å²) in [5.74, 6) is 3.20.